The van der Waals surface area contributed by atoms with Crippen molar-refractivity contribution in [2.45, 2.75) is 25.9 Å². The summed E-state index contributed by atoms with van der Waals surface area (Å²) in [6.07, 6.45) is 3.77. The maximum atomic E-state index is 11.9. The molecule has 22 heavy (non-hydrogen) atoms. The molecule has 116 valence electrons. The van der Waals surface area contributed by atoms with E-state index >= 15 is 0 Å². The first-order valence-electron chi connectivity index (χ1n) is 7.70. The van der Waals surface area contributed by atoms with Crippen LogP contribution >= 0.6 is 11.6 Å². The lowest BCUT2D eigenvalue weighted by molar-refractivity contribution is 0.163. The molecule has 1 aromatic carbocycles. The number of likely N-dealkylation sites (tertiary alicyclic amines) is 1. The quantitative estimate of drug-likeness (QED) is 0.870. The summed E-state index contributed by atoms with van der Waals surface area (Å²) >= 11 is 5.86. The highest BCUT2D eigenvalue weighted by Crippen LogP contribution is 2.20. The predicted molar refractivity (Wildman–Crippen MR) is 88.0 cm³/mol. The van der Waals surface area contributed by atoms with Crippen molar-refractivity contribution in [3.05, 3.63) is 63.5 Å². The molecule has 0 bridgehead atoms. The Balaban J connectivity index is 1.54. The Morgan fingerprint density at radius 1 is 1.14 bits per heavy atom. The molecule has 0 radical (unpaired) electrons. The summed E-state index contributed by atoms with van der Waals surface area (Å²) < 4.78 is 1.50. The molecule has 1 aliphatic rings. The standard InChI is InChI=1S/C17H20ClN3O/c18-16-6-9-19-21(17(16)22)13-15-7-10-20(11-8-15)12-14-4-2-1-3-5-14/h1-6,9,15H,7-8,10-13H2. The van der Waals surface area contributed by atoms with Crippen molar-refractivity contribution < 1.29 is 0 Å². The van der Waals surface area contributed by atoms with Gasteiger partial charge in [0.05, 0.1) is 0 Å². The van der Waals surface area contributed by atoms with Crippen LogP contribution in [0.4, 0.5) is 0 Å². The van der Waals surface area contributed by atoms with Crippen LogP contribution in [0.1, 0.15) is 18.4 Å². The molecule has 1 aromatic heterocycles. The maximum absolute atomic E-state index is 11.9. The fourth-order valence-corrected chi connectivity index (χ4v) is 3.12. The van der Waals surface area contributed by atoms with E-state index in [2.05, 4.69) is 34.3 Å². The third-order valence-corrected chi connectivity index (χ3v) is 4.54. The van der Waals surface area contributed by atoms with Crippen LogP contribution in [0.25, 0.3) is 0 Å². The number of hydrogen-bond acceptors (Lipinski definition) is 3. The summed E-state index contributed by atoms with van der Waals surface area (Å²) in [6, 6.07) is 12.1. The molecule has 4 nitrogen and oxygen atoms in total. The first-order chi connectivity index (χ1) is 10.7. The third kappa shape index (κ3) is 3.76. The van der Waals surface area contributed by atoms with Gasteiger partial charge in [-0.2, -0.15) is 5.10 Å². The van der Waals surface area contributed by atoms with Gasteiger partial charge in [0.15, 0.2) is 0 Å². The van der Waals surface area contributed by atoms with E-state index in [-0.39, 0.29) is 10.6 Å². The zero-order valence-electron chi connectivity index (χ0n) is 12.5. The van der Waals surface area contributed by atoms with Crippen LogP contribution in [-0.4, -0.2) is 27.8 Å². The molecule has 2 heterocycles. The average molecular weight is 318 g/mol. The second-order valence-corrected chi connectivity index (χ2v) is 6.28. The average Bonchev–Trinajstić information content (AvgIpc) is 2.55. The summed E-state index contributed by atoms with van der Waals surface area (Å²) in [5.74, 6) is 0.496. The highest BCUT2D eigenvalue weighted by molar-refractivity contribution is 6.30. The lowest BCUT2D eigenvalue weighted by Gasteiger charge is -2.32. The van der Waals surface area contributed by atoms with Crippen molar-refractivity contribution in [1.29, 1.82) is 0 Å². The molecule has 0 unspecified atom stereocenters. The first-order valence-corrected chi connectivity index (χ1v) is 8.08. The lowest BCUT2D eigenvalue weighted by Crippen LogP contribution is -2.36. The van der Waals surface area contributed by atoms with Gasteiger partial charge in [-0.3, -0.25) is 9.69 Å². The van der Waals surface area contributed by atoms with Gasteiger partial charge in [-0.25, -0.2) is 4.68 Å². The van der Waals surface area contributed by atoms with E-state index in [0.29, 0.717) is 12.5 Å². The highest BCUT2D eigenvalue weighted by atomic mass is 35.5. The maximum Gasteiger partial charge on any atom is 0.285 e. The van der Waals surface area contributed by atoms with E-state index in [1.54, 1.807) is 12.3 Å². The minimum absolute atomic E-state index is 0.184. The summed E-state index contributed by atoms with van der Waals surface area (Å²) in [7, 11) is 0. The molecule has 1 aliphatic heterocycles. The number of rotatable bonds is 4. The molecule has 1 saturated heterocycles. The third-order valence-electron chi connectivity index (χ3n) is 4.25. The molecule has 0 aliphatic carbocycles. The van der Waals surface area contributed by atoms with Crippen molar-refractivity contribution in [3.63, 3.8) is 0 Å². The van der Waals surface area contributed by atoms with Crippen LogP contribution in [0, 0.1) is 5.92 Å². The monoisotopic (exact) mass is 317 g/mol. The van der Waals surface area contributed by atoms with Crippen LogP contribution < -0.4 is 5.56 Å². The number of piperidine rings is 1. The number of aromatic nitrogens is 2. The zero-order valence-corrected chi connectivity index (χ0v) is 13.2. The number of hydrogen-bond donors (Lipinski definition) is 0. The Labute approximate surface area is 135 Å². The van der Waals surface area contributed by atoms with Gasteiger partial charge in [0.2, 0.25) is 0 Å². The smallest absolute Gasteiger partial charge is 0.285 e. The SMILES string of the molecule is O=c1c(Cl)ccnn1CC1CCN(Cc2ccccc2)CC1. The summed E-state index contributed by atoms with van der Waals surface area (Å²) in [5.41, 5.74) is 1.17. The Morgan fingerprint density at radius 3 is 2.59 bits per heavy atom. The van der Waals surface area contributed by atoms with Crippen LogP contribution in [0.5, 0.6) is 0 Å². The fourth-order valence-electron chi connectivity index (χ4n) is 2.97. The van der Waals surface area contributed by atoms with Crippen molar-refractivity contribution in [1.82, 2.24) is 14.7 Å². The Kier molecular flexibility index (Phi) is 4.90. The van der Waals surface area contributed by atoms with E-state index in [4.69, 9.17) is 11.6 Å². The highest BCUT2D eigenvalue weighted by Gasteiger charge is 2.20. The topological polar surface area (TPSA) is 38.1 Å². The van der Waals surface area contributed by atoms with E-state index in [9.17, 15) is 4.79 Å². The Morgan fingerprint density at radius 2 is 1.86 bits per heavy atom. The summed E-state index contributed by atoms with van der Waals surface area (Å²) in [4.78, 5) is 14.4. The summed E-state index contributed by atoms with van der Waals surface area (Å²) in [6.45, 7) is 3.80. The fraction of sp³-hybridized carbons (Fsp3) is 0.412. The summed E-state index contributed by atoms with van der Waals surface area (Å²) in [5, 5.41) is 4.37. The number of nitrogens with zero attached hydrogens (tertiary/aromatic N) is 3. The minimum Gasteiger partial charge on any atom is -0.299 e. The largest absolute Gasteiger partial charge is 0.299 e. The lowest BCUT2D eigenvalue weighted by atomic mass is 9.96. The van der Waals surface area contributed by atoms with Gasteiger partial charge in [0.25, 0.3) is 5.56 Å². The molecule has 1 fully saturated rings. The van der Waals surface area contributed by atoms with Gasteiger partial charge in [0.1, 0.15) is 5.02 Å². The molecule has 0 atom stereocenters. The molecular weight excluding hydrogens is 298 g/mol. The van der Waals surface area contributed by atoms with E-state index < -0.39 is 0 Å². The normalized spacial score (nSPS) is 16.8. The second-order valence-electron chi connectivity index (χ2n) is 5.87. The van der Waals surface area contributed by atoms with Crippen molar-refractivity contribution >= 4 is 11.6 Å². The Hall–Kier alpha value is -1.65. The van der Waals surface area contributed by atoms with Crippen molar-refractivity contribution in [3.8, 4) is 0 Å². The molecule has 3 rings (SSSR count). The van der Waals surface area contributed by atoms with Crippen molar-refractivity contribution in [2.24, 2.45) is 5.92 Å². The van der Waals surface area contributed by atoms with Crippen molar-refractivity contribution in [2.75, 3.05) is 13.1 Å². The Bertz CT molecular complexity index is 663. The van der Waals surface area contributed by atoms with E-state index in [1.165, 1.54) is 10.2 Å². The van der Waals surface area contributed by atoms with Crippen LogP contribution in [0.15, 0.2) is 47.4 Å². The van der Waals surface area contributed by atoms with Gasteiger partial charge >= 0.3 is 0 Å². The molecule has 5 heteroatoms. The first kappa shape index (κ1) is 15.3. The molecule has 2 aromatic rings. The van der Waals surface area contributed by atoms with E-state index in [1.807, 2.05) is 6.07 Å². The molecule has 0 saturated carbocycles. The molecule has 0 N–H and O–H groups in total. The van der Waals surface area contributed by atoms with Crippen LogP contribution in [-0.2, 0) is 13.1 Å². The second kappa shape index (κ2) is 7.07. The van der Waals surface area contributed by atoms with Gasteiger partial charge in [0, 0.05) is 19.3 Å². The van der Waals surface area contributed by atoms with Crippen LogP contribution in [0.2, 0.25) is 5.02 Å². The molecule has 0 spiro atoms. The van der Waals surface area contributed by atoms with Gasteiger partial charge in [-0.05, 0) is 43.5 Å². The minimum atomic E-state index is -0.184. The zero-order chi connectivity index (χ0) is 15.4. The van der Waals surface area contributed by atoms with Gasteiger partial charge in [-0.1, -0.05) is 41.9 Å². The van der Waals surface area contributed by atoms with Crippen LogP contribution in [0.3, 0.4) is 0 Å². The van der Waals surface area contributed by atoms with Gasteiger partial charge < -0.3 is 0 Å². The number of benzene rings is 1. The molecule has 0 amide bonds. The van der Waals surface area contributed by atoms with Gasteiger partial charge in [-0.15, -0.1) is 0 Å². The van der Waals surface area contributed by atoms with E-state index in [0.717, 1.165) is 32.5 Å². The number of halogens is 1. The molecular formula is C17H20ClN3O. The predicted octanol–water partition coefficient (Wildman–Crippen LogP) is 2.81.